The van der Waals surface area contributed by atoms with Gasteiger partial charge in [-0.2, -0.15) is 0 Å². The van der Waals surface area contributed by atoms with Crippen LogP contribution in [0.4, 0.5) is 5.82 Å². The van der Waals surface area contributed by atoms with Gasteiger partial charge >= 0.3 is 5.97 Å². The number of benzene rings is 1. The topological polar surface area (TPSA) is 76.2 Å². The lowest BCUT2D eigenvalue weighted by atomic mass is 10.0. The third-order valence-electron chi connectivity index (χ3n) is 2.43. The summed E-state index contributed by atoms with van der Waals surface area (Å²) in [7, 11) is 0. The average Bonchev–Trinajstić information content (AvgIpc) is 2.25. The smallest absolute Gasteiger partial charge is 0.303 e. The predicted octanol–water partition coefficient (Wildman–Crippen LogP) is 1.83. The van der Waals surface area contributed by atoms with Gasteiger partial charge in [0.1, 0.15) is 5.82 Å². The number of anilines is 1. The fraction of sp³-hybridized carbons (Fsp3) is 0.167. The zero-order valence-corrected chi connectivity index (χ0v) is 8.68. The van der Waals surface area contributed by atoms with Crippen LogP contribution in [-0.2, 0) is 11.2 Å². The van der Waals surface area contributed by atoms with Crippen LogP contribution in [0.1, 0.15) is 12.0 Å². The summed E-state index contributed by atoms with van der Waals surface area (Å²) >= 11 is 0. The maximum absolute atomic E-state index is 10.5. The SMILES string of the molecule is Nc1cc(CCC(=O)O)c2ccccc2n1. The molecular weight excluding hydrogens is 204 g/mol. The Bertz CT molecular complexity index is 538. The van der Waals surface area contributed by atoms with E-state index >= 15 is 0 Å². The number of rotatable bonds is 3. The van der Waals surface area contributed by atoms with Gasteiger partial charge in [-0.1, -0.05) is 18.2 Å². The number of nitrogen functional groups attached to an aromatic ring is 1. The third kappa shape index (κ3) is 2.11. The second-order valence-electron chi connectivity index (χ2n) is 3.62. The van der Waals surface area contributed by atoms with Crippen molar-refractivity contribution in [2.45, 2.75) is 12.8 Å². The largest absolute Gasteiger partial charge is 0.481 e. The number of para-hydroxylation sites is 1. The number of nitrogens with zero attached hydrogens (tertiary/aromatic N) is 1. The highest BCUT2D eigenvalue weighted by Gasteiger charge is 2.05. The number of carbonyl (C=O) groups is 1. The van der Waals surface area contributed by atoms with E-state index in [4.69, 9.17) is 10.8 Å². The molecule has 2 rings (SSSR count). The maximum Gasteiger partial charge on any atom is 0.303 e. The standard InChI is InChI=1S/C12H12N2O2/c13-11-7-8(5-6-12(15)16)9-3-1-2-4-10(9)14-11/h1-4,7H,5-6H2,(H2,13,14)(H,15,16). The maximum atomic E-state index is 10.5. The molecule has 4 nitrogen and oxygen atoms in total. The molecule has 0 saturated carbocycles. The monoisotopic (exact) mass is 216 g/mol. The number of hydrogen-bond donors (Lipinski definition) is 2. The van der Waals surface area contributed by atoms with E-state index in [0.717, 1.165) is 16.5 Å². The molecule has 1 heterocycles. The minimum Gasteiger partial charge on any atom is -0.481 e. The highest BCUT2D eigenvalue weighted by atomic mass is 16.4. The van der Waals surface area contributed by atoms with Crippen LogP contribution in [0, 0.1) is 0 Å². The van der Waals surface area contributed by atoms with Crippen molar-refractivity contribution in [3.8, 4) is 0 Å². The first-order valence-corrected chi connectivity index (χ1v) is 5.03. The molecule has 0 bridgehead atoms. The highest BCUT2D eigenvalue weighted by molar-refractivity contribution is 5.84. The van der Waals surface area contributed by atoms with Gasteiger partial charge in [-0.25, -0.2) is 4.98 Å². The number of carboxylic acids is 1. The first kappa shape index (κ1) is 10.4. The summed E-state index contributed by atoms with van der Waals surface area (Å²) in [6.45, 7) is 0. The lowest BCUT2D eigenvalue weighted by Gasteiger charge is -2.06. The summed E-state index contributed by atoms with van der Waals surface area (Å²) < 4.78 is 0. The zero-order chi connectivity index (χ0) is 11.5. The number of aromatic nitrogens is 1. The molecule has 1 aromatic carbocycles. The van der Waals surface area contributed by atoms with Crippen molar-refractivity contribution in [1.29, 1.82) is 0 Å². The van der Waals surface area contributed by atoms with E-state index in [-0.39, 0.29) is 6.42 Å². The molecule has 0 aliphatic heterocycles. The van der Waals surface area contributed by atoms with Crippen LogP contribution in [0.5, 0.6) is 0 Å². The molecule has 0 amide bonds. The van der Waals surface area contributed by atoms with Gasteiger partial charge in [-0.3, -0.25) is 4.79 Å². The summed E-state index contributed by atoms with van der Waals surface area (Å²) in [4.78, 5) is 14.7. The van der Waals surface area contributed by atoms with Gasteiger partial charge in [0, 0.05) is 11.8 Å². The van der Waals surface area contributed by atoms with Crippen LogP contribution < -0.4 is 5.73 Å². The zero-order valence-electron chi connectivity index (χ0n) is 8.68. The average molecular weight is 216 g/mol. The minimum absolute atomic E-state index is 0.105. The van der Waals surface area contributed by atoms with Crippen molar-refractivity contribution >= 4 is 22.7 Å². The van der Waals surface area contributed by atoms with Crippen molar-refractivity contribution < 1.29 is 9.90 Å². The van der Waals surface area contributed by atoms with Crippen molar-refractivity contribution in [2.75, 3.05) is 5.73 Å². The van der Waals surface area contributed by atoms with Gasteiger partial charge in [0.2, 0.25) is 0 Å². The molecule has 0 fully saturated rings. The van der Waals surface area contributed by atoms with Gasteiger partial charge < -0.3 is 10.8 Å². The molecule has 0 aliphatic carbocycles. The minimum atomic E-state index is -0.806. The van der Waals surface area contributed by atoms with E-state index in [2.05, 4.69) is 4.98 Å². The molecule has 4 heteroatoms. The summed E-state index contributed by atoms with van der Waals surface area (Å²) in [5.41, 5.74) is 7.42. The third-order valence-corrected chi connectivity index (χ3v) is 2.43. The second-order valence-corrected chi connectivity index (χ2v) is 3.62. The number of pyridine rings is 1. The molecule has 0 unspecified atom stereocenters. The molecule has 16 heavy (non-hydrogen) atoms. The number of carboxylic acid groups (broad SMARTS) is 1. The van der Waals surface area contributed by atoms with Crippen molar-refractivity contribution in [2.24, 2.45) is 0 Å². The number of fused-ring (bicyclic) bond motifs is 1. The molecule has 82 valence electrons. The van der Waals surface area contributed by atoms with Crippen LogP contribution in [0.25, 0.3) is 10.9 Å². The van der Waals surface area contributed by atoms with E-state index in [0.29, 0.717) is 12.2 Å². The molecule has 0 atom stereocenters. The van der Waals surface area contributed by atoms with E-state index < -0.39 is 5.97 Å². The summed E-state index contributed by atoms with van der Waals surface area (Å²) in [5.74, 6) is -0.376. The lowest BCUT2D eigenvalue weighted by Crippen LogP contribution is -2.00. The number of aliphatic carboxylic acids is 1. The summed E-state index contributed by atoms with van der Waals surface area (Å²) in [6, 6.07) is 9.33. The Morgan fingerprint density at radius 2 is 2.12 bits per heavy atom. The van der Waals surface area contributed by atoms with E-state index in [1.54, 1.807) is 6.07 Å². The Labute approximate surface area is 92.7 Å². The van der Waals surface area contributed by atoms with Crippen LogP contribution in [0.3, 0.4) is 0 Å². The number of nitrogens with two attached hydrogens (primary N) is 1. The van der Waals surface area contributed by atoms with Gasteiger partial charge in [-0.05, 0) is 24.1 Å². The fourth-order valence-electron chi connectivity index (χ4n) is 1.72. The Balaban J connectivity index is 2.46. The molecule has 0 aliphatic rings. The quantitative estimate of drug-likeness (QED) is 0.820. The molecule has 2 aromatic rings. The first-order valence-electron chi connectivity index (χ1n) is 5.03. The fourth-order valence-corrected chi connectivity index (χ4v) is 1.72. The van der Waals surface area contributed by atoms with Crippen LogP contribution >= 0.6 is 0 Å². The molecule has 3 N–H and O–H groups in total. The van der Waals surface area contributed by atoms with Gasteiger partial charge in [0.05, 0.1) is 5.52 Å². The Morgan fingerprint density at radius 3 is 2.88 bits per heavy atom. The number of hydrogen-bond acceptors (Lipinski definition) is 3. The highest BCUT2D eigenvalue weighted by Crippen LogP contribution is 2.20. The van der Waals surface area contributed by atoms with Crippen molar-refractivity contribution in [1.82, 2.24) is 4.98 Å². The summed E-state index contributed by atoms with van der Waals surface area (Å²) in [5, 5.41) is 9.64. The molecular formula is C12H12N2O2. The van der Waals surface area contributed by atoms with Crippen molar-refractivity contribution in [3.05, 3.63) is 35.9 Å². The Hall–Kier alpha value is -2.10. The normalized spacial score (nSPS) is 10.5. The molecule has 0 saturated heterocycles. The Morgan fingerprint density at radius 1 is 1.38 bits per heavy atom. The predicted molar refractivity (Wildman–Crippen MR) is 62.1 cm³/mol. The summed E-state index contributed by atoms with van der Waals surface area (Å²) in [6.07, 6.45) is 0.579. The van der Waals surface area contributed by atoms with Gasteiger partial charge in [0.25, 0.3) is 0 Å². The van der Waals surface area contributed by atoms with Gasteiger partial charge in [-0.15, -0.1) is 0 Å². The Kier molecular flexibility index (Phi) is 2.72. The number of aryl methyl sites for hydroxylation is 1. The van der Waals surface area contributed by atoms with Crippen LogP contribution in [-0.4, -0.2) is 16.1 Å². The molecule has 1 aromatic heterocycles. The first-order chi connectivity index (χ1) is 7.66. The molecule has 0 radical (unpaired) electrons. The van der Waals surface area contributed by atoms with E-state index in [1.165, 1.54) is 0 Å². The van der Waals surface area contributed by atoms with Crippen LogP contribution in [0.15, 0.2) is 30.3 Å². The second kappa shape index (κ2) is 4.18. The van der Waals surface area contributed by atoms with Crippen LogP contribution in [0.2, 0.25) is 0 Å². The van der Waals surface area contributed by atoms with E-state index in [9.17, 15) is 4.79 Å². The molecule has 0 spiro atoms. The van der Waals surface area contributed by atoms with Crippen molar-refractivity contribution in [3.63, 3.8) is 0 Å². The van der Waals surface area contributed by atoms with Gasteiger partial charge in [0.15, 0.2) is 0 Å². The van der Waals surface area contributed by atoms with E-state index in [1.807, 2.05) is 24.3 Å². The lowest BCUT2D eigenvalue weighted by molar-refractivity contribution is -0.136.